The number of piperidine rings is 1. The molecule has 2 aliphatic rings. The Morgan fingerprint density at radius 1 is 1.07 bits per heavy atom. The molecule has 0 spiro atoms. The Balaban J connectivity index is 1.17. The van der Waals surface area contributed by atoms with Gasteiger partial charge in [-0.15, -0.1) is 0 Å². The van der Waals surface area contributed by atoms with Crippen molar-refractivity contribution in [3.8, 4) is 11.5 Å². The molecule has 3 N–H and O–H groups in total. The van der Waals surface area contributed by atoms with Crippen LogP contribution in [0.2, 0.25) is 0 Å². The molecule has 228 valence electrons. The molecule has 0 saturated carbocycles. The first-order valence-electron chi connectivity index (χ1n) is 14.9. The van der Waals surface area contributed by atoms with Crippen molar-refractivity contribution in [1.82, 2.24) is 29.7 Å². The summed E-state index contributed by atoms with van der Waals surface area (Å²) in [5.41, 5.74) is 4.15. The van der Waals surface area contributed by atoms with Crippen molar-refractivity contribution in [2.24, 2.45) is 0 Å². The fraction of sp³-hybridized carbons (Fsp3) is 0.452. The minimum absolute atomic E-state index is 0.0962. The summed E-state index contributed by atoms with van der Waals surface area (Å²) in [5.74, 6) is 1.46. The van der Waals surface area contributed by atoms with Crippen molar-refractivity contribution in [2.75, 3.05) is 77.0 Å². The van der Waals surface area contributed by atoms with Crippen molar-refractivity contribution in [2.45, 2.75) is 25.3 Å². The Morgan fingerprint density at radius 3 is 2.56 bits per heavy atom. The number of benzene rings is 2. The van der Waals surface area contributed by atoms with Crippen LogP contribution in [0.25, 0.3) is 11.0 Å². The topological polar surface area (TPSA) is 123 Å². The van der Waals surface area contributed by atoms with E-state index in [1.165, 1.54) is 32.1 Å². The number of nitrogens with zero attached hydrogens (tertiary/aromatic N) is 6. The summed E-state index contributed by atoms with van der Waals surface area (Å²) in [6.45, 7) is 10.1. The monoisotopic (exact) mass is 604 g/mol. The maximum absolute atomic E-state index is 13.2. The minimum atomic E-state index is -2.72. The van der Waals surface area contributed by atoms with Crippen LogP contribution < -0.4 is 20.3 Å². The maximum atomic E-state index is 13.2. The van der Waals surface area contributed by atoms with Gasteiger partial charge in [-0.2, -0.15) is 0 Å². The fourth-order valence-electron chi connectivity index (χ4n) is 6.28. The van der Waals surface area contributed by atoms with E-state index >= 15 is 0 Å². The molecule has 6 rings (SSSR count). The molecule has 2 aromatic carbocycles. The third-order valence-electron chi connectivity index (χ3n) is 8.68. The Morgan fingerprint density at radius 2 is 1.84 bits per heavy atom. The van der Waals surface area contributed by atoms with Crippen molar-refractivity contribution in [1.29, 1.82) is 0 Å². The summed E-state index contributed by atoms with van der Waals surface area (Å²) in [7, 11) is 1.17. The van der Waals surface area contributed by atoms with E-state index in [9.17, 15) is 9.67 Å². The largest absolute Gasteiger partial charge is 0.503 e. The smallest absolute Gasteiger partial charge is 0.177 e. The van der Waals surface area contributed by atoms with Crippen molar-refractivity contribution < 1.29 is 14.4 Å². The molecule has 4 heterocycles. The summed E-state index contributed by atoms with van der Waals surface area (Å²) in [6, 6.07) is 10.7. The van der Waals surface area contributed by atoms with Crippen LogP contribution in [0.4, 0.5) is 17.2 Å². The van der Waals surface area contributed by atoms with Gasteiger partial charge in [-0.3, -0.25) is 4.90 Å². The lowest BCUT2D eigenvalue weighted by Crippen LogP contribution is -2.52. The highest BCUT2D eigenvalue weighted by atomic mass is 31.2. The molecule has 2 saturated heterocycles. The lowest BCUT2D eigenvalue weighted by molar-refractivity contribution is 0.0982. The van der Waals surface area contributed by atoms with Crippen LogP contribution in [-0.4, -0.2) is 108 Å². The number of fused-ring (bicyclic) bond motifs is 1. The highest BCUT2D eigenvalue weighted by Gasteiger charge is 2.27. The molecule has 4 aromatic rings. The predicted molar refractivity (Wildman–Crippen MR) is 172 cm³/mol. The molecule has 0 unspecified atom stereocenters. The third-order valence-corrected chi connectivity index (χ3v) is 10.2. The van der Waals surface area contributed by atoms with Gasteiger partial charge >= 0.3 is 0 Å². The number of aromatic nitrogens is 4. The Labute approximate surface area is 252 Å². The number of hydrogen-bond donors (Lipinski definition) is 3. The number of ether oxygens (including phenoxy) is 1. The summed E-state index contributed by atoms with van der Waals surface area (Å²) < 4.78 is 19.0. The first-order valence-corrected chi connectivity index (χ1v) is 17.5. The zero-order chi connectivity index (χ0) is 30.1. The molecule has 11 nitrogen and oxygen atoms in total. The molecule has 0 atom stereocenters. The maximum Gasteiger partial charge on any atom is 0.177 e. The number of rotatable bonds is 8. The molecule has 0 aliphatic carbocycles. The van der Waals surface area contributed by atoms with Gasteiger partial charge in [-0.1, -0.05) is 6.07 Å². The molecular formula is C31H41N8O3P. The lowest BCUT2D eigenvalue weighted by Gasteiger charge is -2.42. The van der Waals surface area contributed by atoms with Crippen LogP contribution in [-0.2, 0) is 11.0 Å². The average Bonchev–Trinajstić information content (AvgIpc) is 3.47. The molecule has 2 aliphatic heterocycles. The molecule has 0 bridgehead atoms. The molecule has 0 amide bonds. The van der Waals surface area contributed by atoms with Crippen LogP contribution in [0.5, 0.6) is 11.5 Å². The van der Waals surface area contributed by atoms with Gasteiger partial charge in [0.25, 0.3) is 0 Å². The van der Waals surface area contributed by atoms with E-state index in [-0.39, 0.29) is 11.6 Å². The van der Waals surface area contributed by atoms with Crippen LogP contribution in [0.3, 0.4) is 0 Å². The SMILES string of the molecule is COc1cc(N2CCC(N3CCN(C)CC3)CC2)ccc1Cc1ncc(O)c(Nc2ccc3[nH]cnc3c2P(C)(C)=O)n1. The van der Waals surface area contributed by atoms with Gasteiger partial charge in [-0.25, -0.2) is 15.0 Å². The summed E-state index contributed by atoms with van der Waals surface area (Å²) in [5, 5.41) is 14.4. The van der Waals surface area contributed by atoms with Gasteiger partial charge in [0.1, 0.15) is 24.2 Å². The molecule has 12 heteroatoms. The van der Waals surface area contributed by atoms with E-state index in [2.05, 4.69) is 65.2 Å². The first-order chi connectivity index (χ1) is 20.7. The van der Waals surface area contributed by atoms with Crippen LogP contribution in [0.15, 0.2) is 42.9 Å². The van der Waals surface area contributed by atoms with Crippen molar-refractivity contribution in [3.63, 3.8) is 0 Å². The van der Waals surface area contributed by atoms with E-state index in [1.54, 1.807) is 26.8 Å². The van der Waals surface area contributed by atoms with Crippen LogP contribution in [0, 0.1) is 0 Å². The average molecular weight is 605 g/mol. The Bertz CT molecular complexity index is 1640. The second kappa shape index (κ2) is 12.1. The quantitative estimate of drug-likeness (QED) is 0.256. The van der Waals surface area contributed by atoms with E-state index in [1.807, 2.05) is 12.1 Å². The number of aromatic amines is 1. The molecular weight excluding hydrogens is 563 g/mol. The van der Waals surface area contributed by atoms with Crippen LogP contribution >= 0.6 is 7.14 Å². The number of aromatic hydroxyl groups is 1. The Kier molecular flexibility index (Phi) is 8.31. The number of likely N-dealkylation sites (N-methyl/N-ethyl adjacent to an activating group) is 1. The number of imidazole rings is 1. The van der Waals surface area contributed by atoms with E-state index in [0.29, 0.717) is 34.8 Å². The number of H-pyrrole nitrogens is 1. The number of piperazine rings is 1. The van der Waals surface area contributed by atoms with Crippen molar-refractivity contribution >= 4 is 40.7 Å². The van der Waals surface area contributed by atoms with E-state index < -0.39 is 7.14 Å². The van der Waals surface area contributed by atoms with Gasteiger partial charge in [0.15, 0.2) is 11.6 Å². The Hall–Kier alpha value is -3.66. The summed E-state index contributed by atoms with van der Waals surface area (Å²) in [6.07, 6.45) is 5.75. The zero-order valence-corrected chi connectivity index (χ0v) is 26.3. The van der Waals surface area contributed by atoms with E-state index in [0.717, 1.165) is 48.7 Å². The molecule has 43 heavy (non-hydrogen) atoms. The van der Waals surface area contributed by atoms with Gasteiger partial charge in [0.05, 0.1) is 36.1 Å². The highest BCUT2D eigenvalue weighted by molar-refractivity contribution is 7.71. The summed E-state index contributed by atoms with van der Waals surface area (Å²) in [4.78, 5) is 24.0. The zero-order valence-electron chi connectivity index (χ0n) is 25.4. The number of methoxy groups -OCH3 is 1. The normalized spacial score (nSPS) is 17.4. The second-order valence-electron chi connectivity index (χ2n) is 12.0. The van der Waals surface area contributed by atoms with Crippen LogP contribution in [0.1, 0.15) is 24.2 Å². The third kappa shape index (κ3) is 6.34. The highest BCUT2D eigenvalue weighted by Crippen LogP contribution is 2.41. The van der Waals surface area contributed by atoms with Gasteiger partial charge in [0.2, 0.25) is 0 Å². The number of anilines is 3. The van der Waals surface area contributed by atoms with Gasteiger partial charge < -0.3 is 34.5 Å². The lowest BCUT2D eigenvalue weighted by atomic mass is 10.0. The number of nitrogens with one attached hydrogen (secondary N) is 2. The first kappa shape index (κ1) is 29.4. The standard InChI is InChI=1S/C31H41N8O3P/c1-37-13-15-39(16-14-37)22-9-11-38(12-10-22)23-6-5-21(27(18-23)42-2)17-28-32-19-26(40)31(36-28)35-25-8-7-24-29(34-20-33-24)30(25)43(3,4)41/h5-8,18-20,22,40H,9-17H2,1-4H3,(H,33,34)(H,32,35,36). The predicted octanol–water partition coefficient (Wildman–Crippen LogP) is 3.87. The summed E-state index contributed by atoms with van der Waals surface area (Å²) >= 11 is 0. The fourth-order valence-corrected chi connectivity index (χ4v) is 7.68. The minimum Gasteiger partial charge on any atom is -0.503 e. The van der Waals surface area contributed by atoms with E-state index in [4.69, 9.17) is 4.74 Å². The number of hydrogen-bond acceptors (Lipinski definition) is 10. The molecule has 0 radical (unpaired) electrons. The second-order valence-corrected chi connectivity index (χ2v) is 15.1. The van der Waals surface area contributed by atoms with Gasteiger partial charge in [0, 0.05) is 69.0 Å². The van der Waals surface area contributed by atoms with Crippen molar-refractivity contribution in [3.05, 3.63) is 54.2 Å². The van der Waals surface area contributed by atoms with Gasteiger partial charge in [-0.05, 0) is 51.4 Å². The molecule has 2 aromatic heterocycles. The molecule has 2 fully saturated rings.